The number of hydrogen-bond donors (Lipinski definition) is 0. The molecule has 0 saturated carbocycles. The molecule has 1 aromatic rings. The van der Waals surface area contributed by atoms with Crippen LogP contribution in [0.1, 0.15) is 30.9 Å². The fraction of sp³-hybridized carbons (Fsp3) is 0.600. The Morgan fingerprint density at radius 2 is 2.18 bits per heavy atom. The lowest BCUT2D eigenvalue weighted by Crippen LogP contribution is -2.35. The zero-order valence-electron chi connectivity index (χ0n) is 12.8. The Hall–Kier alpha value is -2.38. The van der Waals surface area contributed by atoms with Gasteiger partial charge in [0.05, 0.1) is 18.3 Å². The van der Waals surface area contributed by atoms with E-state index in [1.165, 1.54) is 10.5 Å². The van der Waals surface area contributed by atoms with Gasteiger partial charge in [0.15, 0.2) is 0 Å². The van der Waals surface area contributed by atoms with Gasteiger partial charge in [-0.3, -0.25) is 14.4 Å². The van der Waals surface area contributed by atoms with Crippen LogP contribution >= 0.6 is 0 Å². The lowest BCUT2D eigenvalue weighted by Gasteiger charge is -2.24. The highest BCUT2D eigenvalue weighted by molar-refractivity contribution is 5.76. The highest BCUT2D eigenvalue weighted by Gasteiger charge is 2.27. The van der Waals surface area contributed by atoms with Gasteiger partial charge in [0, 0.05) is 37.8 Å². The van der Waals surface area contributed by atoms with Crippen LogP contribution in [0.25, 0.3) is 0 Å². The first-order chi connectivity index (χ1) is 10.7. The van der Waals surface area contributed by atoms with Crippen LogP contribution in [0, 0.1) is 22.7 Å². The summed E-state index contributed by atoms with van der Waals surface area (Å²) in [6.07, 6.45) is 6.40. The van der Waals surface area contributed by atoms with Crippen LogP contribution in [0.5, 0.6) is 0 Å². The minimum absolute atomic E-state index is 0.0293. The van der Waals surface area contributed by atoms with Crippen LogP contribution in [0.4, 0.5) is 0 Å². The molecule has 0 radical (unpaired) electrons. The van der Waals surface area contributed by atoms with Crippen molar-refractivity contribution in [3.8, 4) is 12.1 Å². The summed E-state index contributed by atoms with van der Waals surface area (Å²) >= 11 is 0. The van der Waals surface area contributed by atoms with Gasteiger partial charge >= 0.3 is 0 Å². The number of hydrogen-bond acceptors (Lipinski definition) is 5. The first-order valence-corrected chi connectivity index (χ1v) is 7.40. The Balaban J connectivity index is 1.91. The largest absolute Gasteiger partial charge is 0.316 e. The molecule has 0 aliphatic carbocycles. The Bertz CT molecular complexity index is 580. The summed E-state index contributed by atoms with van der Waals surface area (Å²) in [5.41, 5.74) is 1.18. The molecule has 1 fully saturated rings. The second-order valence-corrected chi connectivity index (χ2v) is 5.46. The summed E-state index contributed by atoms with van der Waals surface area (Å²) in [5.74, 6) is -0.139. The third kappa shape index (κ3) is 3.84. The van der Waals surface area contributed by atoms with E-state index in [0.29, 0.717) is 19.0 Å². The predicted octanol–water partition coefficient (Wildman–Crippen LogP) is 0.823. The van der Waals surface area contributed by atoms with Crippen molar-refractivity contribution in [1.29, 1.82) is 10.5 Å². The van der Waals surface area contributed by atoms with Crippen LogP contribution in [0.15, 0.2) is 12.4 Å². The zero-order chi connectivity index (χ0) is 15.9. The highest BCUT2D eigenvalue weighted by Crippen LogP contribution is 2.31. The maximum absolute atomic E-state index is 12.1. The first-order valence-electron chi connectivity index (χ1n) is 7.40. The number of carbonyl (C=O) groups excluding carboxylic acids is 1. The number of nitrogens with zero attached hydrogens (tertiary/aromatic N) is 6. The number of carbonyl (C=O) groups is 1. The molecule has 1 saturated heterocycles. The molecular weight excluding hydrogens is 280 g/mol. The molecule has 1 aliphatic rings. The lowest BCUT2D eigenvalue weighted by atomic mass is 10.1. The van der Waals surface area contributed by atoms with E-state index in [2.05, 4.69) is 10.00 Å². The van der Waals surface area contributed by atoms with Crippen LogP contribution in [0.3, 0.4) is 0 Å². The van der Waals surface area contributed by atoms with Crippen molar-refractivity contribution in [3.05, 3.63) is 18.0 Å². The standard InChI is InChI=1S/C15H20N6O/c1-19-12-13(11-18-19)14-3-2-7-20(14)8-4-15(22)21(9-5-16)10-6-17/h11-12,14H,2-4,7-10H2,1H3. The topological polar surface area (TPSA) is 89.0 Å². The predicted molar refractivity (Wildman–Crippen MR) is 79.2 cm³/mol. The number of aryl methyl sites for hydroxylation is 1. The molecule has 0 aromatic carbocycles. The summed E-state index contributed by atoms with van der Waals surface area (Å²) in [6, 6.07) is 4.16. The molecule has 2 heterocycles. The third-order valence-corrected chi connectivity index (χ3v) is 3.96. The van der Waals surface area contributed by atoms with Gasteiger partial charge < -0.3 is 4.90 Å². The number of rotatable bonds is 6. The maximum atomic E-state index is 12.1. The van der Waals surface area contributed by atoms with Gasteiger partial charge in [0.1, 0.15) is 13.1 Å². The average molecular weight is 300 g/mol. The molecule has 1 unspecified atom stereocenters. The summed E-state index contributed by atoms with van der Waals surface area (Å²) < 4.78 is 1.79. The van der Waals surface area contributed by atoms with E-state index in [1.807, 2.05) is 31.6 Å². The minimum Gasteiger partial charge on any atom is -0.316 e. The molecular formula is C15H20N6O. The van der Waals surface area contributed by atoms with Gasteiger partial charge in [-0.15, -0.1) is 0 Å². The van der Waals surface area contributed by atoms with Gasteiger partial charge in [-0.1, -0.05) is 0 Å². The van der Waals surface area contributed by atoms with Crippen molar-refractivity contribution >= 4 is 5.91 Å². The molecule has 0 N–H and O–H groups in total. The Labute approximate surface area is 130 Å². The second kappa shape index (κ2) is 7.58. The van der Waals surface area contributed by atoms with Gasteiger partial charge in [-0.2, -0.15) is 15.6 Å². The SMILES string of the molecule is Cn1cc(C2CCCN2CCC(=O)N(CC#N)CC#N)cn1. The summed E-state index contributed by atoms with van der Waals surface area (Å²) in [6.45, 7) is 1.55. The molecule has 1 amide bonds. The Morgan fingerprint density at radius 1 is 1.45 bits per heavy atom. The van der Waals surface area contributed by atoms with E-state index < -0.39 is 0 Å². The number of aromatic nitrogens is 2. The molecule has 0 spiro atoms. The lowest BCUT2D eigenvalue weighted by molar-refractivity contribution is -0.130. The first kappa shape index (κ1) is 16.0. The van der Waals surface area contributed by atoms with Gasteiger partial charge in [0.2, 0.25) is 5.91 Å². The normalized spacial score (nSPS) is 17.9. The Morgan fingerprint density at radius 3 is 2.77 bits per heavy atom. The zero-order valence-corrected chi connectivity index (χ0v) is 12.8. The molecule has 2 rings (SSSR count). The highest BCUT2D eigenvalue weighted by atomic mass is 16.2. The van der Waals surface area contributed by atoms with E-state index in [9.17, 15) is 4.79 Å². The summed E-state index contributed by atoms with van der Waals surface area (Å²) in [7, 11) is 1.90. The number of amides is 1. The monoisotopic (exact) mass is 300 g/mol. The molecule has 1 atom stereocenters. The summed E-state index contributed by atoms with van der Waals surface area (Å²) in [4.78, 5) is 15.7. The molecule has 0 bridgehead atoms. The fourth-order valence-corrected chi connectivity index (χ4v) is 2.88. The van der Waals surface area contributed by atoms with Crippen molar-refractivity contribution < 1.29 is 4.79 Å². The van der Waals surface area contributed by atoms with Crippen molar-refractivity contribution in [2.24, 2.45) is 7.05 Å². The van der Waals surface area contributed by atoms with E-state index in [1.54, 1.807) is 4.68 Å². The summed E-state index contributed by atoms with van der Waals surface area (Å²) in [5, 5.41) is 21.6. The van der Waals surface area contributed by atoms with E-state index in [-0.39, 0.29) is 19.0 Å². The number of likely N-dealkylation sites (tertiary alicyclic amines) is 1. The Kier molecular flexibility index (Phi) is 5.51. The average Bonchev–Trinajstić information content (AvgIpc) is 3.12. The van der Waals surface area contributed by atoms with Gasteiger partial charge in [-0.05, 0) is 19.4 Å². The van der Waals surface area contributed by atoms with Crippen LogP contribution in [-0.2, 0) is 11.8 Å². The van der Waals surface area contributed by atoms with Crippen molar-refractivity contribution in [2.75, 3.05) is 26.2 Å². The number of nitriles is 2. The van der Waals surface area contributed by atoms with Crippen molar-refractivity contribution in [3.63, 3.8) is 0 Å². The quantitative estimate of drug-likeness (QED) is 0.726. The van der Waals surface area contributed by atoms with Crippen molar-refractivity contribution in [1.82, 2.24) is 19.6 Å². The smallest absolute Gasteiger partial charge is 0.225 e. The van der Waals surface area contributed by atoms with Crippen molar-refractivity contribution in [2.45, 2.75) is 25.3 Å². The van der Waals surface area contributed by atoms with Crippen LogP contribution < -0.4 is 0 Å². The molecule has 7 nitrogen and oxygen atoms in total. The third-order valence-electron chi connectivity index (χ3n) is 3.96. The molecule has 1 aliphatic heterocycles. The van der Waals surface area contributed by atoms with Gasteiger partial charge in [-0.25, -0.2) is 0 Å². The van der Waals surface area contributed by atoms with Crippen LogP contribution in [0.2, 0.25) is 0 Å². The fourth-order valence-electron chi connectivity index (χ4n) is 2.88. The van der Waals surface area contributed by atoms with Gasteiger partial charge in [0.25, 0.3) is 0 Å². The van der Waals surface area contributed by atoms with E-state index in [4.69, 9.17) is 10.5 Å². The van der Waals surface area contributed by atoms with E-state index in [0.717, 1.165) is 19.4 Å². The molecule has 7 heteroatoms. The second-order valence-electron chi connectivity index (χ2n) is 5.46. The molecule has 116 valence electrons. The minimum atomic E-state index is -0.139. The molecule has 1 aromatic heterocycles. The maximum Gasteiger partial charge on any atom is 0.225 e. The molecule has 22 heavy (non-hydrogen) atoms. The van der Waals surface area contributed by atoms with E-state index >= 15 is 0 Å². The van der Waals surface area contributed by atoms with Crippen LogP contribution in [-0.4, -0.2) is 51.7 Å².